The van der Waals surface area contributed by atoms with Crippen molar-refractivity contribution in [3.05, 3.63) is 23.8 Å². The minimum atomic E-state index is -3.22. The van der Waals surface area contributed by atoms with Gasteiger partial charge in [-0.05, 0) is 31.5 Å². The van der Waals surface area contributed by atoms with Gasteiger partial charge in [0.25, 0.3) is 0 Å². The number of nitrogens with zero attached hydrogens (tertiary/aromatic N) is 2. The summed E-state index contributed by atoms with van der Waals surface area (Å²) in [5.41, 5.74) is 2.13. The molecule has 1 heterocycles. The van der Waals surface area contributed by atoms with Crippen molar-refractivity contribution in [3.8, 4) is 0 Å². The zero-order valence-electron chi connectivity index (χ0n) is 15.8. The van der Waals surface area contributed by atoms with Gasteiger partial charge in [-0.15, -0.1) is 0 Å². The van der Waals surface area contributed by atoms with Crippen molar-refractivity contribution in [2.75, 3.05) is 56.2 Å². The smallest absolute Gasteiger partial charge is 0.411 e. The van der Waals surface area contributed by atoms with Crippen LogP contribution >= 0.6 is 0 Å². The van der Waals surface area contributed by atoms with Crippen LogP contribution < -0.4 is 10.6 Å². The van der Waals surface area contributed by atoms with E-state index in [2.05, 4.69) is 10.6 Å². The lowest BCUT2D eigenvalue weighted by Crippen LogP contribution is -2.51. The number of rotatable bonds is 6. The molecule has 150 valence electrons. The zero-order valence-corrected chi connectivity index (χ0v) is 16.6. The molecule has 27 heavy (non-hydrogen) atoms. The first-order valence-corrected chi connectivity index (χ1v) is 10.6. The molecule has 1 aromatic carbocycles. The van der Waals surface area contributed by atoms with E-state index in [0.717, 1.165) is 11.3 Å². The van der Waals surface area contributed by atoms with Gasteiger partial charge in [0.1, 0.15) is 0 Å². The van der Waals surface area contributed by atoms with E-state index in [9.17, 15) is 18.0 Å². The number of sulfonamides is 1. The number of amides is 2. The van der Waals surface area contributed by atoms with Gasteiger partial charge in [-0.2, -0.15) is 4.31 Å². The lowest BCUT2D eigenvalue weighted by atomic mass is 10.1. The Kier molecular flexibility index (Phi) is 7.03. The van der Waals surface area contributed by atoms with Crippen molar-refractivity contribution in [2.45, 2.75) is 13.8 Å². The molecule has 2 amide bonds. The highest BCUT2D eigenvalue weighted by atomic mass is 32.2. The monoisotopic (exact) mass is 398 g/mol. The summed E-state index contributed by atoms with van der Waals surface area (Å²) in [6.45, 7) is 5.29. The Balaban J connectivity index is 1.91. The first kappa shape index (κ1) is 21.0. The molecule has 0 aliphatic carbocycles. The highest BCUT2D eigenvalue weighted by molar-refractivity contribution is 7.88. The SMILES string of the molecule is CCOC(=O)Nc1cccc(NCC(=O)N2CCN(S(C)(=O)=O)CC2)c1C. The standard InChI is InChI=1S/C17H26N4O5S/c1-4-26-17(23)19-15-7-5-6-14(13(15)2)18-12-16(22)20-8-10-21(11-9-20)27(3,24)25/h5-7,18H,4,8-12H2,1-3H3,(H,19,23). The van der Waals surface area contributed by atoms with Crippen LogP contribution in [-0.2, 0) is 19.6 Å². The molecule has 9 nitrogen and oxygen atoms in total. The molecular formula is C17H26N4O5S. The van der Waals surface area contributed by atoms with Crippen LogP contribution in [0.2, 0.25) is 0 Å². The quantitative estimate of drug-likeness (QED) is 0.742. The predicted octanol–water partition coefficient (Wildman–Crippen LogP) is 1.08. The Labute approximate surface area is 159 Å². The van der Waals surface area contributed by atoms with E-state index in [1.165, 1.54) is 10.6 Å². The van der Waals surface area contributed by atoms with Gasteiger partial charge in [0.15, 0.2) is 0 Å². The molecule has 2 rings (SSSR count). The third-order valence-corrected chi connectivity index (χ3v) is 5.64. The van der Waals surface area contributed by atoms with Crippen LogP contribution in [0.25, 0.3) is 0 Å². The normalized spacial score (nSPS) is 15.3. The van der Waals surface area contributed by atoms with Crippen molar-refractivity contribution in [1.29, 1.82) is 0 Å². The van der Waals surface area contributed by atoms with Gasteiger partial charge < -0.3 is 15.0 Å². The lowest BCUT2D eigenvalue weighted by Gasteiger charge is -2.33. The van der Waals surface area contributed by atoms with E-state index < -0.39 is 16.1 Å². The summed E-state index contributed by atoms with van der Waals surface area (Å²) >= 11 is 0. The average molecular weight is 398 g/mol. The van der Waals surface area contributed by atoms with Crippen molar-refractivity contribution in [1.82, 2.24) is 9.21 Å². The van der Waals surface area contributed by atoms with Crippen LogP contribution in [0.15, 0.2) is 18.2 Å². The molecule has 1 saturated heterocycles. The van der Waals surface area contributed by atoms with Crippen LogP contribution in [-0.4, -0.2) is 75.2 Å². The third-order valence-electron chi connectivity index (χ3n) is 4.34. The first-order valence-electron chi connectivity index (χ1n) is 8.72. The van der Waals surface area contributed by atoms with Gasteiger partial charge in [0.2, 0.25) is 15.9 Å². The molecule has 0 atom stereocenters. The molecule has 1 fully saturated rings. The fourth-order valence-electron chi connectivity index (χ4n) is 2.79. The van der Waals surface area contributed by atoms with Gasteiger partial charge in [-0.1, -0.05) is 6.07 Å². The van der Waals surface area contributed by atoms with E-state index in [4.69, 9.17) is 4.74 Å². The van der Waals surface area contributed by atoms with Crippen LogP contribution in [0.3, 0.4) is 0 Å². The van der Waals surface area contributed by atoms with Crippen LogP contribution in [0.1, 0.15) is 12.5 Å². The van der Waals surface area contributed by atoms with Crippen molar-refractivity contribution in [3.63, 3.8) is 0 Å². The molecule has 2 N–H and O–H groups in total. The molecule has 0 unspecified atom stereocenters. The number of carbonyl (C=O) groups excluding carboxylic acids is 2. The Morgan fingerprint density at radius 2 is 1.78 bits per heavy atom. The number of carbonyl (C=O) groups is 2. The third kappa shape index (κ3) is 5.83. The molecule has 10 heteroatoms. The fourth-order valence-corrected chi connectivity index (χ4v) is 3.62. The minimum absolute atomic E-state index is 0.0859. The molecule has 0 saturated carbocycles. The van der Waals surface area contributed by atoms with Crippen molar-refractivity contribution >= 4 is 33.4 Å². The number of hydrogen-bond acceptors (Lipinski definition) is 6. The van der Waals surface area contributed by atoms with Gasteiger partial charge in [-0.25, -0.2) is 13.2 Å². The maximum Gasteiger partial charge on any atom is 0.411 e. The maximum atomic E-state index is 12.4. The summed E-state index contributed by atoms with van der Waals surface area (Å²) in [5, 5.41) is 5.74. The zero-order chi connectivity index (χ0) is 20.0. The predicted molar refractivity (Wildman–Crippen MR) is 103 cm³/mol. The Hall–Kier alpha value is -2.33. The fraction of sp³-hybridized carbons (Fsp3) is 0.529. The van der Waals surface area contributed by atoms with Gasteiger partial charge in [0.05, 0.1) is 19.4 Å². The van der Waals surface area contributed by atoms with E-state index in [1.807, 2.05) is 13.0 Å². The average Bonchev–Trinajstić information content (AvgIpc) is 2.62. The Morgan fingerprint density at radius 1 is 1.15 bits per heavy atom. The Morgan fingerprint density at radius 3 is 2.37 bits per heavy atom. The van der Waals surface area contributed by atoms with Crippen LogP contribution in [0, 0.1) is 6.92 Å². The topological polar surface area (TPSA) is 108 Å². The molecule has 0 aromatic heterocycles. The second-order valence-corrected chi connectivity index (χ2v) is 8.20. The second-order valence-electron chi connectivity index (χ2n) is 6.22. The first-order chi connectivity index (χ1) is 12.7. The number of ether oxygens (including phenoxy) is 1. The minimum Gasteiger partial charge on any atom is -0.450 e. The van der Waals surface area contributed by atoms with Gasteiger partial charge in [-0.3, -0.25) is 10.1 Å². The highest BCUT2D eigenvalue weighted by Crippen LogP contribution is 2.23. The molecule has 0 radical (unpaired) electrons. The van der Waals surface area contributed by atoms with Crippen molar-refractivity contribution in [2.24, 2.45) is 0 Å². The largest absolute Gasteiger partial charge is 0.450 e. The summed E-state index contributed by atoms with van der Waals surface area (Å²) in [7, 11) is -3.22. The highest BCUT2D eigenvalue weighted by Gasteiger charge is 2.25. The number of benzene rings is 1. The number of anilines is 2. The van der Waals surface area contributed by atoms with Crippen LogP contribution in [0.5, 0.6) is 0 Å². The van der Waals surface area contributed by atoms with Crippen molar-refractivity contribution < 1.29 is 22.7 Å². The molecule has 1 aromatic rings. The summed E-state index contributed by atoms with van der Waals surface area (Å²) in [6, 6.07) is 5.34. The summed E-state index contributed by atoms with van der Waals surface area (Å²) in [5.74, 6) is -0.105. The summed E-state index contributed by atoms with van der Waals surface area (Å²) in [4.78, 5) is 25.6. The van der Waals surface area contributed by atoms with E-state index in [1.54, 1.807) is 24.0 Å². The summed E-state index contributed by atoms with van der Waals surface area (Å²) in [6.07, 6.45) is 0.643. The van der Waals surface area contributed by atoms with E-state index >= 15 is 0 Å². The molecular weight excluding hydrogens is 372 g/mol. The van der Waals surface area contributed by atoms with E-state index in [-0.39, 0.29) is 19.1 Å². The number of hydrogen-bond donors (Lipinski definition) is 2. The molecule has 1 aliphatic heterocycles. The Bertz CT molecular complexity index is 789. The van der Waals surface area contributed by atoms with Gasteiger partial charge in [0, 0.05) is 37.6 Å². The van der Waals surface area contributed by atoms with Crippen LogP contribution in [0.4, 0.5) is 16.2 Å². The number of nitrogens with one attached hydrogen (secondary N) is 2. The molecule has 1 aliphatic rings. The summed E-state index contributed by atoms with van der Waals surface area (Å²) < 4.78 is 29.3. The lowest BCUT2D eigenvalue weighted by molar-refractivity contribution is -0.130. The second kappa shape index (κ2) is 9.05. The number of piperazine rings is 1. The maximum absolute atomic E-state index is 12.4. The molecule has 0 bridgehead atoms. The van der Waals surface area contributed by atoms with E-state index in [0.29, 0.717) is 31.9 Å². The molecule has 0 spiro atoms. The van der Waals surface area contributed by atoms with Gasteiger partial charge >= 0.3 is 6.09 Å².